The first-order valence-corrected chi connectivity index (χ1v) is 5.33. The highest BCUT2D eigenvalue weighted by molar-refractivity contribution is 7.99. The summed E-state index contributed by atoms with van der Waals surface area (Å²) in [5.74, 6) is -0.783. The van der Waals surface area contributed by atoms with E-state index in [-0.39, 0.29) is 11.1 Å². The first-order chi connectivity index (χ1) is 6.63. The minimum atomic E-state index is -0.408. The molecule has 0 aliphatic rings. The summed E-state index contributed by atoms with van der Waals surface area (Å²) >= 11 is 1.31. The van der Waals surface area contributed by atoms with E-state index < -0.39 is 5.82 Å². The van der Waals surface area contributed by atoms with E-state index in [2.05, 4.69) is 0 Å². The molecule has 14 heavy (non-hydrogen) atoms. The summed E-state index contributed by atoms with van der Waals surface area (Å²) in [4.78, 5) is 0.353. The molecule has 1 atom stereocenters. The van der Waals surface area contributed by atoms with Crippen molar-refractivity contribution in [3.8, 4) is 0 Å². The Morgan fingerprint density at radius 3 is 2.79 bits per heavy atom. The molecule has 1 nitrogen and oxygen atoms in total. The molecule has 0 saturated heterocycles. The predicted octanol–water partition coefficient (Wildman–Crippen LogP) is 2.79. The molecular formula is C10H13F2NS. The summed E-state index contributed by atoms with van der Waals surface area (Å²) in [5, 5.41) is 0.205. The van der Waals surface area contributed by atoms with E-state index >= 15 is 0 Å². The number of hydrogen-bond acceptors (Lipinski definition) is 2. The summed E-state index contributed by atoms with van der Waals surface area (Å²) in [6.45, 7) is 2.51. The monoisotopic (exact) mass is 217 g/mol. The SMILES string of the molecule is CC(CCN)Sc1cc(F)ccc1F. The molecule has 1 rings (SSSR count). The van der Waals surface area contributed by atoms with Crippen molar-refractivity contribution in [2.75, 3.05) is 6.54 Å². The fourth-order valence-corrected chi connectivity index (χ4v) is 2.13. The van der Waals surface area contributed by atoms with Gasteiger partial charge in [-0.1, -0.05) is 6.92 Å². The van der Waals surface area contributed by atoms with E-state index in [4.69, 9.17) is 5.73 Å². The van der Waals surface area contributed by atoms with E-state index in [1.807, 2.05) is 6.92 Å². The van der Waals surface area contributed by atoms with Gasteiger partial charge in [0.25, 0.3) is 0 Å². The lowest BCUT2D eigenvalue weighted by atomic mass is 10.3. The smallest absolute Gasteiger partial charge is 0.136 e. The first-order valence-electron chi connectivity index (χ1n) is 4.45. The van der Waals surface area contributed by atoms with Crippen LogP contribution in [0.4, 0.5) is 8.78 Å². The molecule has 0 aliphatic carbocycles. The van der Waals surface area contributed by atoms with E-state index in [0.29, 0.717) is 11.4 Å². The molecule has 0 amide bonds. The Bertz CT molecular complexity index is 304. The van der Waals surface area contributed by atoms with Crippen LogP contribution in [0.15, 0.2) is 23.1 Å². The Kier molecular flexibility index (Phi) is 4.35. The third-order valence-electron chi connectivity index (χ3n) is 1.79. The zero-order valence-electron chi connectivity index (χ0n) is 7.97. The average Bonchev–Trinajstić information content (AvgIpc) is 2.12. The quantitative estimate of drug-likeness (QED) is 0.785. The van der Waals surface area contributed by atoms with Gasteiger partial charge in [0.05, 0.1) is 0 Å². The molecule has 1 unspecified atom stereocenters. The largest absolute Gasteiger partial charge is 0.330 e. The minimum Gasteiger partial charge on any atom is -0.330 e. The van der Waals surface area contributed by atoms with E-state index in [9.17, 15) is 8.78 Å². The van der Waals surface area contributed by atoms with Crippen LogP contribution in [0.3, 0.4) is 0 Å². The summed E-state index contributed by atoms with van der Waals surface area (Å²) in [6.07, 6.45) is 0.792. The second-order valence-corrected chi connectivity index (χ2v) is 4.56. The maximum Gasteiger partial charge on any atom is 0.136 e. The highest BCUT2D eigenvalue weighted by Gasteiger charge is 2.08. The standard InChI is InChI=1S/C10H13F2NS/c1-7(4-5-13)14-10-6-8(11)2-3-9(10)12/h2-3,6-7H,4-5,13H2,1H3. The Hall–Kier alpha value is -0.610. The van der Waals surface area contributed by atoms with Crippen molar-refractivity contribution in [2.45, 2.75) is 23.5 Å². The zero-order valence-corrected chi connectivity index (χ0v) is 8.78. The molecule has 0 heterocycles. The lowest BCUT2D eigenvalue weighted by molar-refractivity contribution is 0.576. The fraction of sp³-hybridized carbons (Fsp3) is 0.400. The number of rotatable bonds is 4. The van der Waals surface area contributed by atoms with Crippen LogP contribution in [-0.2, 0) is 0 Å². The van der Waals surface area contributed by atoms with Crippen molar-refractivity contribution in [2.24, 2.45) is 5.73 Å². The van der Waals surface area contributed by atoms with E-state index in [1.54, 1.807) is 0 Å². The molecule has 1 aromatic rings. The van der Waals surface area contributed by atoms with Crippen molar-refractivity contribution in [3.05, 3.63) is 29.8 Å². The number of nitrogens with two attached hydrogens (primary N) is 1. The van der Waals surface area contributed by atoms with Gasteiger partial charge >= 0.3 is 0 Å². The Morgan fingerprint density at radius 1 is 1.43 bits per heavy atom. The number of halogens is 2. The predicted molar refractivity (Wildman–Crippen MR) is 55.3 cm³/mol. The maximum absolute atomic E-state index is 13.2. The van der Waals surface area contributed by atoms with Crippen LogP contribution < -0.4 is 5.73 Å². The Morgan fingerprint density at radius 2 is 2.14 bits per heavy atom. The third kappa shape index (κ3) is 3.27. The van der Waals surface area contributed by atoms with E-state index in [1.165, 1.54) is 17.8 Å². The lowest BCUT2D eigenvalue weighted by Gasteiger charge is -2.10. The number of benzene rings is 1. The highest BCUT2D eigenvalue weighted by atomic mass is 32.2. The molecule has 0 aliphatic heterocycles. The molecule has 0 aromatic heterocycles. The van der Waals surface area contributed by atoms with Crippen LogP contribution in [-0.4, -0.2) is 11.8 Å². The number of thioether (sulfide) groups is 1. The molecule has 78 valence electrons. The Balaban J connectivity index is 2.70. The minimum absolute atomic E-state index is 0.205. The van der Waals surface area contributed by atoms with Crippen LogP contribution >= 0.6 is 11.8 Å². The molecule has 0 bridgehead atoms. The summed E-state index contributed by atoms with van der Waals surface area (Å²) in [6, 6.07) is 3.48. The molecule has 0 spiro atoms. The van der Waals surface area contributed by atoms with Gasteiger partial charge in [-0.2, -0.15) is 0 Å². The van der Waals surface area contributed by atoms with Crippen LogP contribution in [0, 0.1) is 11.6 Å². The number of hydrogen-bond donors (Lipinski definition) is 1. The van der Waals surface area contributed by atoms with Gasteiger partial charge in [0, 0.05) is 10.1 Å². The van der Waals surface area contributed by atoms with Gasteiger partial charge in [0.15, 0.2) is 0 Å². The van der Waals surface area contributed by atoms with Crippen molar-refractivity contribution in [3.63, 3.8) is 0 Å². The summed E-state index contributed by atoms with van der Waals surface area (Å²) in [7, 11) is 0. The van der Waals surface area contributed by atoms with Gasteiger partial charge < -0.3 is 5.73 Å². The molecule has 1 aromatic carbocycles. The zero-order chi connectivity index (χ0) is 10.6. The fourth-order valence-electron chi connectivity index (χ4n) is 1.08. The van der Waals surface area contributed by atoms with Crippen molar-refractivity contribution in [1.29, 1.82) is 0 Å². The molecule has 0 saturated carbocycles. The van der Waals surface area contributed by atoms with Gasteiger partial charge in [0.2, 0.25) is 0 Å². The normalized spacial score (nSPS) is 12.9. The van der Waals surface area contributed by atoms with Gasteiger partial charge in [-0.3, -0.25) is 0 Å². The van der Waals surface area contributed by atoms with Gasteiger partial charge in [0.1, 0.15) is 11.6 Å². The lowest BCUT2D eigenvalue weighted by Crippen LogP contribution is -2.07. The molecule has 4 heteroatoms. The molecule has 2 N–H and O–H groups in total. The van der Waals surface area contributed by atoms with Crippen LogP contribution in [0.25, 0.3) is 0 Å². The molecule has 0 radical (unpaired) electrons. The topological polar surface area (TPSA) is 26.0 Å². The summed E-state index contributed by atoms with van der Waals surface area (Å²) < 4.78 is 25.9. The van der Waals surface area contributed by atoms with Gasteiger partial charge in [-0.15, -0.1) is 11.8 Å². The van der Waals surface area contributed by atoms with Crippen molar-refractivity contribution in [1.82, 2.24) is 0 Å². The van der Waals surface area contributed by atoms with Crippen LogP contribution in [0.1, 0.15) is 13.3 Å². The van der Waals surface area contributed by atoms with Gasteiger partial charge in [-0.25, -0.2) is 8.78 Å². The van der Waals surface area contributed by atoms with Crippen molar-refractivity contribution >= 4 is 11.8 Å². The highest BCUT2D eigenvalue weighted by Crippen LogP contribution is 2.27. The van der Waals surface area contributed by atoms with Crippen molar-refractivity contribution < 1.29 is 8.78 Å². The van der Waals surface area contributed by atoms with Crippen LogP contribution in [0.5, 0.6) is 0 Å². The first kappa shape index (κ1) is 11.5. The molecule has 0 fully saturated rings. The van der Waals surface area contributed by atoms with Gasteiger partial charge in [-0.05, 0) is 31.2 Å². The van der Waals surface area contributed by atoms with Crippen LogP contribution in [0.2, 0.25) is 0 Å². The molecular weight excluding hydrogens is 204 g/mol. The Labute approximate surface area is 86.7 Å². The second-order valence-electron chi connectivity index (χ2n) is 3.08. The average molecular weight is 217 g/mol. The maximum atomic E-state index is 13.2. The summed E-state index contributed by atoms with van der Waals surface area (Å²) in [5.41, 5.74) is 5.37. The van der Waals surface area contributed by atoms with E-state index in [0.717, 1.165) is 18.6 Å². The third-order valence-corrected chi connectivity index (χ3v) is 3.00. The second kappa shape index (κ2) is 5.32.